The van der Waals surface area contributed by atoms with Gasteiger partial charge >= 0.3 is 0 Å². The molecule has 1 aromatic carbocycles. The molecule has 0 fully saturated rings. The lowest BCUT2D eigenvalue weighted by Crippen LogP contribution is -2.05. The molecule has 1 aliphatic rings. The minimum atomic E-state index is 0.705. The van der Waals surface area contributed by atoms with Gasteiger partial charge in [-0.1, -0.05) is 23.8 Å². The highest BCUT2D eigenvalue weighted by Crippen LogP contribution is 2.35. The van der Waals surface area contributed by atoms with Crippen LogP contribution in [0.2, 0.25) is 0 Å². The molecule has 2 aromatic heterocycles. The summed E-state index contributed by atoms with van der Waals surface area (Å²) < 4.78 is 7.80. The maximum Gasteiger partial charge on any atom is 0.0721 e. The molecule has 3 heterocycles. The zero-order valence-electron chi connectivity index (χ0n) is 13.5. The first kappa shape index (κ1) is 14.2. The van der Waals surface area contributed by atoms with Crippen LogP contribution in [0, 0.1) is 13.8 Å². The molecule has 3 aromatic rings. The van der Waals surface area contributed by atoms with E-state index in [4.69, 9.17) is 4.74 Å². The van der Waals surface area contributed by atoms with Gasteiger partial charge in [-0.2, -0.15) is 0 Å². The summed E-state index contributed by atoms with van der Waals surface area (Å²) in [4.78, 5) is 4.35. The standard InChI is InChI=1S/C20H20N2O/c1-14-3-5-17(6-4-14)22-15(2)20(16-8-11-23-12-9-16)18-7-10-21-13-19(18)22/h3-8,10,13H,9,11-12H2,1-2H3. The molecule has 0 saturated carbocycles. The quantitative estimate of drug-likeness (QED) is 0.699. The Morgan fingerprint density at radius 3 is 2.65 bits per heavy atom. The summed E-state index contributed by atoms with van der Waals surface area (Å²) in [6.45, 7) is 5.82. The highest BCUT2D eigenvalue weighted by molar-refractivity contribution is 5.95. The number of hydrogen-bond acceptors (Lipinski definition) is 2. The third-order valence-corrected chi connectivity index (χ3v) is 4.58. The van der Waals surface area contributed by atoms with Crippen molar-refractivity contribution in [2.24, 2.45) is 0 Å². The van der Waals surface area contributed by atoms with Gasteiger partial charge in [0.2, 0.25) is 0 Å². The Hall–Kier alpha value is -2.39. The predicted molar refractivity (Wildman–Crippen MR) is 94.0 cm³/mol. The number of benzene rings is 1. The van der Waals surface area contributed by atoms with Crippen molar-refractivity contribution in [2.75, 3.05) is 13.2 Å². The van der Waals surface area contributed by atoms with Gasteiger partial charge in [-0.25, -0.2) is 0 Å². The van der Waals surface area contributed by atoms with Crippen LogP contribution in [-0.2, 0) is 4.74 Å². The summed E-state index contributed by atoms with van der Waals surface area (Å²) in [6, 6.07) is 10.8. The molecule has 0 bridgehead atoms. The van der Waals surface area contributed by atoms with Crippen molar-refractivity contribution < 1.29 is 4.74 Å². The number of aryl methyl sites for hydroxylation is 1. The normalized spacial score (nSPS) is 15.0. The van der Waals surface area contributed by atoms with Crippen LogP contribution in [0.5, 0.6) is 0 Å². The summed E-state index contributed by atoms with van der Waals surface area (Å²) in [7, 11) is 0. The van der Waals surface area contributed by atoms with E-state index in [0.717, 1.165) is 18.5 Å². The fourth-order valence-corrected chi connectivity index (χ4v) is 3.45. The van der Waals surface area contributed by atoms with E-state index < -0.39 is 0 Å². The summed E-state index contributed by atoms with van der Waals surface area (Å²) in [5.74, 6) is 0. The van der Waals surface area contributed by atoms with Gasteiger partial charge in [-0.15, -0.1) is 0 Å². The van der Waals surface area contributed by atoms with E-state index in [1.165, 1.54) is 33.5 Å². The second-order valence-corrected chi connectivity index (χ2v) is 6.08. The van der Waals surface area contributed by atoms with E-state index in [2.05, 4.69) is 59.8 Å². The third kappa shape index (κ3) is 2.37. The molecule has 3 heteroatoms. The van der Waals surface area contributed by atoms with Gasteiger partial charge in [0.1, 0.15) is 0 Å². The Morgan fingerprint density at radius 1 is 1.09 bits per heavy atom. The topological polar surface area (TPSA) is 27.1 Å². The van der Waals surface area contributed by atoms with Crippen LogP contribution in [0.15, 0.2) is 48.8 Å². The molecule has 0 spiro atoms. The number of nitrogens with zero attached hydrogens (tertiary/aromatic N) is 2. The number of fused-ring (bicyclic) bond motifs is 1. The van der Waals surface area contributed by atoms with Crippen molar-refractivity contribution in [3.63, 3.8) is 0 Å². The molecule has 0 amide bonds. The number of aromatic nitrogens is 2. The summed E-state index contributed by atoms with van der Waals surface area (Å²) in [6.07, 6.45) is 7.03. The second-order valence-electron chi connectivity index (χ2n) is 6.08. The lowest BCUT2D eigenvalue weighted by atomic mass is 9.99. The molecule has 0 N–H and O–H groups in total. The van der Waals surface area contributed by atoms with Gasteiger partial charge in [0.15, 0.2) is 0 Å². The molecule has 0 saturated heterocycles. The van der Waals surface area contributed by atoms with E-state index in [1.807, 2.05) is 12.4 Å². The first-order valence-corrected chi connectivity index (χ1v) is 8.05. The van der Waals surface area contributed by atoms with Crippen molar-refractivity contribution in [3.05, 3.63) is 65.6 Å². The smallest absolute Gasteiger partial charge is 0.0721 e. The van der Waals surface area contributed by atoms with Gasteiger partial charge in [-0.05, 0) is 44.0 Å². The van der Waals surface area contributed by atoms with Gasteiger partial charge in [0.25, 0.3) is 0 Å². The Kier molecular flexibility index (Phi) is 3.50. The van der Waals surface area contributed by atoms with Gasteiger partial charge in [0.05, 0.1) is 24.9 Å². The lowest BCUT2D eigenvalue weighted by molar-refractivity contribution is 0.161. The van der Waals surface area contributed by atoms with Crippen LogP contribution in [0.1, 0.15) is 23.2 Å². The van der Waals surface area contributed by atoms with E-state index in [-0.39, 0.29) is 0 Å². The Balaban J connectivity index is 2.00. The maximum atomic E-state index is 5.48. The Bertz CT molecular complexity index is 888. The first-order valence-electron chi connectivity index (χ1n) is 8.05. The molecule has 0 radical (unpaired) electrons. The first-order chi connectivity index (χ1) is 11.3. The highest BCUT2D eigenvalue weighted by atomic mass is 16.5. The van der Waals surface area contributed by atoms with Crippen LogP contribution in [-0.4, -0.2) is 22.8 Å². The minimum Gasteiger partial charge on any atom is -0.377 e. The molecule has 116 valence electrons. The maximum absolute atomic E-state index is 5.48. The lowest BCUT2D eigenvalue weighted by Gasteiger charge is -2.15. The molecule has 0 aliphatic carbocycles. The van der Waals surface area contributed by atoms with Crippen molar-refractivity contribution >= 4 is 16.5 Å². The predicted octanol–water partition coefficient (Wildman–Crippen LogP) is 4.45. The summed E-state index contributed by atoms with van der Waals surface area (Å²) in [5, 5.41) is 1.27. The Morgan fingerprint density at radius 2 is 1.91 bits per heavy atom. The van der Waals surface area contributed by atoms with Gasteiger partial charge < -0.3 is 9.30 Å². The van der Waals surface area contributed by atoms with Crippen LogP contribution < -0.4 is 0 Å². The molecule has 0 unspecified atom stereocenters. The largest absolute Gasteiger partial charge is 0.377 e. The number of ether oxygens (including phenoxy) is 1. The molecule has 4 rings (SSSR count). The van der Waals surface area contributed by atoms with Crippen molar-refractivity contribution in [1.82, 2.24) is 9.55 Å². The molecule has 0 atom stereocenters. The molecular weight excluding hydrogens is 284 g/mol. The van der Waals surface area contributed by atoms with Crippen LogP contribution >= 0.6 is 0 Å². The van der Waals surface area contributed by atoms with Crippen molar-refractivity contribution in [1.29, 1.82) is 0 Å². The van der Waals surface area contributed by atoms with E-state index in [0.29, 0.717) is 6.61 Å². The van der Waals surface area contributed by atoms with Crippen LogP contribution in [0.25, 0.3) is 22.2 Å². The van der Waals surface area contributed by atoms with Crippen molar-refractivity contribution in [3.8, 4) is 5.69 Å². The molecule has 3 nitrogen and oxygen atoms in total. The fourth-order valence-electron chi connectivity index (χ4n) is 3.45. The summed E-state index contributed by atoms with van der Waals surface area (Å²) >= 11 is 0. The minimum absolute atomic E-state index is 0.705. The number of rotatable bonds is 2. The molecule has 1 aliphatic heterocycles. The van der Waals surface area contributed by atoms with E-state index >= 15 is 0 Å². The average Bonchev–Trinajstić information content (AvgIpc) is 2.88. The molecular formula is C20H20N2O. The average molecular weight is 304 g/mol. The third-order valence-electron chi connectivity index (χ3n) is 4.58. The highest BCUT2D eigenvalue weighted by Gasteiger charge is 2.19. The SMILES string of the molecule is Cc1ccc(-n2c(C)c(C3=CCOCC3)c3ccncc32)cc1. The van der Waals surface area contributed by atoms with Crippen LogP contribution in [0.3, 0.4) is 0 Å². The van der Waals surface area contributed by atoms with Gasteiger partial charge in [0, 0.05) is 28.5 Å². The van der Waals surface area contributed by atoms with E-state index in [9.17, 15) is 0 Å². The monoisotopic (exact) mass is 304 g/mol. The number of hydrogen-bond donors (Lipinski definition) is 0. The fraction of sp³-hybridized carbons (Fsp3) is 0.250. The van der Waals surface area contributed by atoms with Crippen molar-refractivity contribution in [2.45, 2.75) is 20.3 Å². The summed E-state index contributed by atoms with van der Waals surface area (Å²) in [5.41, 5.74) is 7.61. The second kappa shape index (κ2) is 5.67. The Labute approximate surface area is 136 Å². The zero-order chi connectivity index (χ0) is 15.8. The number of pyridine rings is 1. The molecule has 23 heavy (non-hydrogen) atoms. The van der Waals surface area contributed by atoms with E-state index in [1.54, 1.807) is 0 Å². The van der Waals surface area contributed by atoms with Gasteiger partial charge in [-0.3, -0.25) is 4.98 Å². The van der Waals surface area contributed by atoms with Crippen LogP contribution in [0.4, 0.5) is 0 Å². The zero-order valence-corrected chi connectivity index (χ0v) is 13.5.